The van der Waals surface area contributed by atoms with Crippen LogP contribution in [0.2, 0.25) is 0 Å². The zero-order chi connectivity index (χ0) is 24.7. The van der Waals surface area contributed by atoms with Gasteiger partial charge in [0.1, 0.15) is 11.8 Å². The first kappa shape index (κ1) is 25.2. The SMILES string of the molecule is Cc1cccc(N(C(=O)CNS(=O)(=O)c2ccccc2)[C@@H](C(=O)NCc2ccco2)C(C)C)c1. The number of hydrogen-bond donors (Lipinski definition) is 2. The van der Waals surface area contributed by atoms with Crippen molar-refractivity contribution < 1.29 is 22.4 Å². The zero-order valence-electron chi connectivity index (χ0n) is 19.4. The highest BCUT2D eigenvalue weighted by atomic mass is 32.2. The summed E-state index contributed by atoms with van der Waals surface area (Å²) in [6.07, 6.45) is 1.52. The van der Waals surface area contributed by atoms with E-state index in [2.05, 4.69) is 10.0 Å². The summed E-state index contributed by atoms with van der Waals surface area (Å²) in [4.78, 5) is 28.1. The van der Waals surface area contributed by atoms with Crippen LogP contribution in [0.4, 0.5) is 5.69 Å². The van der Waals surface area contributed by atoms with Crippen molar-refractivity contribution in [2.45, 2.75) is 38.3 Å². The number of furan rings is 1. The van der Waals surface area contributed by atoms with Gasteiger partial charge in [0.2, 0.25) is 21.8 Å². The standard InChI is InChI=1S/C25H29N3O5S/c1-18(2)24(25(30)26-16-21-11-8-14-33-21)28(20-10-7-9-19(3)15-20)23(29)17-27-34(31,32)22-12-5-4-6-13-22/h4-15,18,24,27H,16-17H2,1-3H3,(H,26,30)/t24-/m1/s1. The quantitative estimate of drug-likeness (QED) is 0.460. The third-order valence-electron chi connectivity index (χ3n) is 5.21. The summed E-state index contributed by atoms with van der Waals surface area (Å²) in [6.45, 7) is 5.22. The predicted octanol–water partition coefficient (Wildman–Crippen LogP) is 3.24. The summed E-state index contributed by atoms with van der Waals surface area (Å²) in [5, 5.41) is 2.82. The minimum absolute atomic E-state index is 0.0570. The normalized spacial score (nSPS) is 12.4. The number of benzene rings is 2. The first-order valence-electron chi connectivity index (χ1n) is 10.9. The Kier molecular flexibility index (Phi) is 8.25. The maximum absolute atomic E-state index is 13.4. The molecule has 1 heterocycles. The Balaban J connectivity index is 1.87. The number of anilines is 1. The molecule has 0 fully saturated rings. The Hall–Kier alpha value is -3.43. The second-order valence-corrected chi connectivity index (χ2v) is 9.99. The minimum atomic E-state index is -3.90. The van der Waals surface area contributed by atoms with Gasteiger partial charge in [0.25, 0.3) is 0 Å². The molecule has 180 valence electrons. The number of hydrogen-bond acceptors (Lipinski definition) is 5. The first-order chi connectivity index (χ1) is 16.2. The van der Waals surface area contributed by atoms with Crippen LogP contribution in [0, 0.1) is 12.8 Å². The lowest BCUT2D eigenvalue weighted by Gasteiger charge is -2.34. The monoisotopic (exact) mass is 483 g/mol. The van der Waals surface area contributed by atoms with Gasteiger partial charge in [-0.2, -0.15) is 0 Å². The van der Waals surface area contributed by atoms with Crippen LogP contribution in [0.25, 0.3) is 0 Å². The largest absolute Gasteiger partial charge is 0.467 e. The summed E-state index contributed by atoms with van der Waals surface area (Å²) in [5.74, 6) is -0.587. The van der Waals surface area contributed by atoms with E-state index in [9.17, 15) is 18.0 Å². The molecule has 0 saturated carbocycles. The van der Waals surface area contributed by atoms with Crippen LogP contribution in [0.15, 0.2) is 82.3 Å². The van der Waals surface area contributed by atoms with Crippen LogP contribution in [0.3, 0.4) is 0 Å². The smallest absolute Gasteiger partial charge is 0.243 e. The van der Waals surface area contributed by atoms with Gasteiger partial charge in [0.15, 0.2) is 0 Å². The fraction of sp³-hybridized carbons (Fsp3) is 0.280. The number of nitrogens with one attached hydrogen (secondary N) is 2. The minimum Gasteiger partial charge on any atom is -0.467 e. The molecular formula is C25H29N3O5S. The van der Waals surface area contributed by atoms with Crippen molar-refractivity contribution in [3.05, 3.63) is 84.3 Å². The molecular weight excluding hydrogens is 454 g/mol. The highest BCUT2D eigenvalue weighted by Crippen LogP contribution is 2.23. The van der Waals surface area contributed by atoms with Crippen molar-refractivity contribution in [2.75, 3.05) is 11.4 Å². The van der Waals surface area contributed by atoms with Gasteiger partial charge in [-0.3, -0.25) is 14.5 Å². The van der Waals surface area contributed by atoms with Gasteiger partial charge in [-0.05, 0) is 54.8 Å². The number of amides is 2. The second kappa shape index (κ2) is 11.1. The van der Waals surface area contributed by atoms with E-state index in [4.69, 9.17) is 4.42 Å². The van der Waals surface area contributed by atoms with Crippen molar-refractivity contribution >= 4 is 27.5 Å². The lowest BCUT2D eigenvalue weighted by atomic mass is 10.00. The fourth-order valence-electron chi connectivity index (χ4n) is 3.57. The first-order valence-corrected chi connectivity index (χ1v) is 12.4. The Bertz CT molecular complexity index is 1210. The molecule has 2 N–H and O–H groups in total. The zero-order valence-corrected chi connectivity index (χ0v) is 20.2. The molecule has 8 nitrogen and oxygen atoms in total. The molecule has 0 spiro atoms. The summed E-state index contributed by atoms with van der Waals surface area (Å²) in [7, 11) is -3.90. The molecule has 0 bridgehead atoms. The molecule has 3 aromatic rings. The number of aryl methyl sites for hydroxylation is 1. The number of rotatable bonds is 10. The molecule has 34 heavy (non-hydrogen) atoms. The van der Waals surface area contributed by atoms with E-state index in [-0.39, 0.29) is 23.3 Å². The number of carbonyl (C=O) groups excluding carboxylic acids is 2. The second-order valence-electron chi connectivity index (χ2n) is 8.23. The van der Waals surface area contributed by atoms with E-state index in [0.29, 0.717) is 11.4 Å². The van der Waals surface area contributed by atoms with Gasteiger partial charge in [-0.25, -0.2) is 13.1 Å². The van der Waals surface area contributed by atoms with Crippen LogP contribution in [-0.2, 0) is 26.2 Å². The maximum atomic E-state index is 13.4. The lowest BCUT2D eigenvalue weighted by Crippen LogP contribution is -2.54. The van der Waals surface area contributed by atoms with Gasteiger partial charge < -0.3 is 9.73 Å². The molecule has 1 aromatic heterocycles. The molecule has 0 radical (unpaired) electrons. The Morgan fingerprint density at radius 1 is 1.00 bits per heavy atom. The van der Waals surface area contributed by atoms with Gasteiger partial charge in [0.05, 0.1) is 24.2 Å². The molecule has 0 aliphatic heterocycles. The average molecular weight is 484 g/mol. The molecule has 1 atom stereocenters. The van der Waals surface area contributed by atoms with Gasteiger partial charge in [0, 0.05) is 5.69 Å². The molecule has 2 amide bonds. The summed E-state index contributed by atoms with van der Waals surface area (Å²) < 4.78 is 32.9. The Labute approximate surface area is 200 Å². The van der Waals surface area contributed by atoms with E-state index in [1.54, 1.807) is 48.5 Å². The van der Waals surface area contributed by atoms with Crippen molar-refractivity contribution in [1.82, 2.24) is 10.0 Å². The Morgan fingerprint density at radius 2 is 1.74 bits per heavy atom. The third kappa shape index (κ3) is 6.33. The van der Waals surface area contributed by atoms with Crippen molar-refractivity contribution in [3.63, 3.8) is 0 Å². The van der Waals surface area contributed by atoms with Crippen LogP contribution < -0.4 is 14.9 Å². The van der Waals surface area contributed by atoms with Crippen LogP contribution in [0.1, 0.15) is 25.2 Å². The van der Waals surface area contributed by atoms with E-state index < -0.39 is 28.5 Å². The van der Waals surface area contributed by atoms with Crippen LogP contribution >= 0.6 is 0 Å². The molecule has 0 aliphatic rings. The van der Waals surface area contributed by atoms with E-state index in [0.717, 1.165) is 5.56 Å². The summed E-state index contributed by atoms with van der Waals surface area (Å²) >= 11 is 0. The summed E-state index contributed by atoms with van der Waals surface area (Å²) in [6, 6.07) is 17.6. The van der Waals surface area contributed by atoms with Crippen molar-refractivity contribution in [1.29, 1.82) is 0 Å². The number of carbonyl (C=O) groups is 2. The highest BCUT2D eigenvalue weighted by Gasteiger charge is 2.34. The molecule has 2 aromatic carbocycles. The predicted molar refractivity (Wildman–Crippen MR) is 129 cm³/mol. The summed E-state index contributed by atoms with van der Waals surface area (Å²) in [5.41, 5.74) is 1.41. The lowest BCUT2D eigenvalue weighted by molar-refractivity contribution is -0.127. The van der Waals surface area contributed by atoms with E-state index >= 15 is 0 Å². The maximum Gasteiger partial charge on any atom is 0.243 e. The van der Waals surface area contributed by atoms with E-state index in [1.165, 1.54) is 23.3 Å². The molecule has 0 saturated heterocycles. The molecule has 0 aliphatic carbocycles. The van der Waals surface area contributed by atoms with Crippen LogP contribution in [0.5, 0.6) is 0 Å². The van der Waals surface area contributed by atoms with Gasteiger partial charge in [-0.1, -0.05) is 44.2 Å². The fourth-order valence-corrected chi connectivity index (χ4v) is 4.57. The molecule has 9 heteroatoms. The molecule has 3 rings (SSSR count). The average Bonchev–Trinajstić information content (AvgIpc) is 3.33. The van der Waals surface area contributed by atoms with E-state index in [1.807, 2.05) is 26.8 Å². The number of nitrogens with zero attached hydrogens (tertiary/aromatic N) is 1. The van der Waals surface area contributed by atoms with Gasteiger partial charge in [-0.15, -0.1) is 0 Å². The Morgan fingerprint density at radius 3 is 2.35 bits per heavy atom. The molecule has 0 unspecified atom stereocenters. The van der Waals surface area contributed by atoms with Gasteiger partial charge >= 0.3 is 0 Å². The topological polar surface area (TPSA) is 109 Å². The number of sulfonamides is 1. The van der Waals surface area contributed by atoms with Crippen molar-refractivity contribution in [2.24, 2.45) is 5.92 Å². The highest BCUT2D eigenvalue weighted by molar-refractivity contribution is 7.89. The third-order valence-corrected chi connectivity index (χ3v) is 6.63. The van der Waals surface area contributed by atoms with Crippen LogP contribution in [-0.4, -0.2) is 32.8 Å². The van der Waals surface area contributed by atoms with Crippen molar-refractivity contribution in [3.8, 4) is 0 Å².